The lowest BCUT2D eigenvalue weighted by Crippen LogP contribution is -2.38. The molecule has 0 fully saturated rings. The Bertz CT molecular complexity index is 66.3. The van der Waals surface area contributed by atoms with Crippen LogP contribution in [0.5, 0.6) is 0 Å². The first-order chi connectivity index (χ1) is 3.25. The smallest absolute Gasteiger partial charge is 0.198 e. The van der Waals surface area contributed by atoms with E-state index in [1.54, 1.807) is 0 Å². The Hall–Kier alpha value is -0.320. The van der Waals surface area contributed by atoms with Gasteiger partial charge < -0.3 is 0 Å². The molecule has 0 saturated carbocycles. The normalized spacial score (nSPS) is 14.2. The molecule has 0 atom stereocenters. The molecule has 0 aliphatic heterocycles. The van der Waals surface area contributed by atoms with Gasteiger partial charge in [-0.25, -0.2) is 0 Å². The SMILES string of the molecule is CC(F)(F)C([NH])(F)F. The van der Waals surface area contributed by atoms with Crippen LogP contribution in [0.4, 0.5) is 17.6 Å². The lowest BCUT2D eigenvalue weighted by atomic mass is 10.3. The zero-order valence-electron chi connectivity index (χ0n) is 4.01. The maximum atomic E-state index is 11.3. The molecule has 1 radical (unpaired) electrons. The second-order valence-corrected chi connectivity index (χ2v) is 1.46. The molecular weight excluding hydrogens is 126 g/mol. The fourth-order valence-corrected chi connectivity index (χ4v) is 0. The Morgan fingerprint density at radius 2 is 1.25 bits per heavy atom. The molecule has 0 rings (SSSR count). The van der Waals surface area contributed by atoms with E-state index < -0.39 is 12.0 Å². The summed E-state index contributed by atoms with van der Waals surface area (Å²) in [6, 6.07) is -4.65. The fourth-order valence-electron chi connectivity index (χ4n) is 0. The Morgan fingerprint density at radius 1 is 1.12 bits per heavy atom. The molecule has 0 aromatic rings. The summed E-state index contributed by atoms with van der Waals surface area (Å²) in [5, 5.41) is 0. The summed E-state index contributed by atoms with van der Waals surface area (Å²) in [5.41, 5.74) is 5.50. The van der Waals surface area contributed by atoms with Crippen molar-refractivity contribution in [2.75, 3.05) is 0 Å². The lowest BCUT2D eigenvalue weighted by molar-refractivity contribution is -0.198. The van der Waals surface area contributed by atoms with Gasteiger partial charge in [0.05, 0.1) is 0 Å². The van der Waals surface area contributed by atoms with E-state index in [2.05, 4.69) is 0 Å². The van der Waals surface area contributed by atoms with Crippen LogP contribution in [0.1, 0.15) is 6.92 Å². The van der Waals surface area contributed by atoms with Crippen molar-refractivity contribution in [3.8, 4) is 0 Å². The van der Waals surface area contributed by atoms with Crippen molar-refractivity contribution in [2.45, 2.75) is 18.9 Å². The number of hydrogen-bond acceptors (Lipinski definition) is 0. The third-order valence-corrected chi connectivity index (χ3v) is 0.551. The van der Waals surface area contributed by atoms with Gasteiger partial charge in [-0.1, -0.05) is 0 Å². The highest BCUT2D eigenvalue weighted by Gasteiger charge is 2.49. The molecule has 0 aromatic heterocycles. The van der Waals surface area contributed by atoms with E-state index in [0.717, 1.165) is 0 Å². The van der Waals surface area contributed by atoms with E-state index in [9.17, 15) is 17.6 Å². The maximum Gasteiger partial charge on any atom is 0.377 e. The van der Waals surface area contributed by atoms with E-state index >= 15 is 0 Å². The van der Waals surface area contributed by atoms with Crippen molar-refractivity contribution in [3.05, 3.63) is 0 Å². The second-order valence-electron chi connectivity index (χ2n) is 1.46. The molecule has 0 amide bonds. The number of rotatable bonds is 1. The number of nitrogens with one attached hydrogen (secondary N) is 1. The van der Waals surface area contributed by atoms with Crippen LogP contribution >= 0.6 is 0 Å². The van der Waals surface area contributed by atoms with Crippen molar-refractivity contribution >= 4 is 0 Å². The van der Waals surface area contributed by atoms with Gasteiger partial charge in [0.15, 0.2) is 0 Å². The molecule has 8 heavy (non-hydrogen) atoms. The highest BCUT2D eigenvalue weighted by molar-refractivity contribution is 4.71. The van der Waals surface area contributed by atoms with Crippen molar-refractivity contribution in [1.29, 1.82) is 0 Å². The molecule has 0 spiro atoms. The van der Waals surface area contributed by atoms with Crippen LogP contribution in [0.15, 0.2) is 0 Å². The molecule has 5 heteroatoms. The van der Waals surface area contributed by atoms with Gasteiger partial charge in [-0.2, -0.15) is 23.3 Å². The molecule has 1 nitrogen and oxygen atoms in total. The lowest BCUT2D eigenvalue weighted by Gasteiger charge is -2.15. The minimum Gasteiger partial charge on any atom is -0.198 e. The summed E-state index contributed by atoms with van der Waals surface area (Å²) >= 11 is 0. The maximum absolute atomic E-state index is 11.3. The summed E-state index contributed by atoms with van der Waals surface area (Å²) in [6.45, 7) is 0. The van der Waals surface area contributed by atoms with Gasteiger partial charge in [-0.15, -0.1) is 0 Å². The average Bonchev–Trinajstić information content (AvgIpc) is 1.25. The second kappa shape index (κ2) is 1.58. The predicted molar refractivity (Wildman–Crippen MR) is 18.7 cm³/mol. The predicted octanol–water partition coefficient (Wildman–Crippen LogP) is 1.52. The Balaban J connectivity index is 4.02. The molecule has 0 saturated heterocycles. The van der Waals surface area contributed by atoms with Crippen LogP contribution in [0, 0.1) is 0 Å². The molecule has 0 aliphatic rings. The molecule has 1 N–H and O–H groups in total. The monoisotopic (exact) mass is 130 g/mol. The zero-order valence-corrected chi connectivity index (χ0v) is 4.01. The van der Waals surface area contributed by atoms with Gasteiger partial charge in [0.25, 0.3) is 0 Å². The van der Waals surface area contributed by atoms with Crippen molar-refractivity contribution < 1.29 is 17.6 Å². The van der Waals surface area contributed by atoms with Gasteiger partial charge >= 0.3 is 12.0 Å². The van der Waals surface area contributed by atoms with E-state index in [1.807, 2.05) is 0 Å². The standard InChI is InChI=1S/C3H4F4N/c1-2(4,5)3(6,7)8/h8H,1H3. The zero-order chi connectivity index (χ0) is 7.00. The first kappa shape index (κ1) is 7.68. The molecule has 0 aliphatic carbocycles. The van der Waals surface area contributed by atoms with Gasteiger partial charge in [-0.3, -0.25) is 0 Å². The van der Waals surface area contributed by atoms with Crippen LogP contribution < -0.4 is 5.73 Å². The largest absolute Gasteiger partial charge is 0.377 e. The minimum absolute atomic E-state index is 0. The molecule has 49 valence electrons. The van der Waals surface area contributed by atoms with Crippen molar-refractivity contribution in [3.63, 3.8) is 0 Å². The molecule has 0 unspecified atom stereocenters. The number of alkyl halides is 4. The van der Waals surface area contributed by atoms with Crippen LogP contribution in [0.2, 0.25) is 0 Å². The van der Waals surface area contributed by atoms with E-state index in [1.165, 1.54) is 0 Å². The van der Waals surface area contributed by atoms with Crippen LogP contribution in [0.25, 0.3) is 0 Å². The topological polar surface area (TPSA) is 23.8 Å². The highest BCUT2D eigenvalue weighted by atomic mass is 19.3. The van der Waals surface area contributed by atoms with Crippen LogP contribution in [-0.2, 0) is 0 Å². The summed E-state index contributed by atoms with van der Waals surface area (Å²) in [4.78, 5) is 0. The first-order valence-electron chi connectivity index (χ1n) is 1.76. The van der Waals surface area contributed by atoms with Gasteiger partial charge in [0, 0.05) is 6.92 Å². The third kappa shape index (κ3) is 1.65. The van der Waals surface area contributed by atoms with Gasteiger partial charge in [0.1, 0.15) is 0 Å². The fraction of sp³-hybridized carbons (Fsp3) is 1.00. The Labute approximate surface area is 43.5 Å². The van der Waals surface area contributed by atoms with E-state index in [0.29, 0.717) is 0 Å². The van der Waals surface area contributed by atoms with E-state index in [-0.39, 0.29) is 6.92 Å². The summed E-state index contributed by atoms with van der Waals surface area (Å²) in [5.74, 6) is -4.23. The summed E-state index contributed by atoms with van der Waals surface area (Å²) < 4.78 is 44.9. The molecule has 0 aromatic carbocycles. The first-order valence-corrected chi connectivity index (χ1v) is 1.76. The average molecular weight is 130 g/mol. The minimum atomic E-state index is -4.65. The summed E-state index contributed by atoms with van der Waals surface area (Å²) in [7, 11) is 0. The highest BCUT2D eigenvalue weighted by Crippen LogP contribution is 2.29. The Morgan fingerprint density at radius 3 is 1.25 bits per heavy atom. The van der Waals surface area contributed by atoms with Gasteiger partial charge in [-0.05, 0) is 0 Å². The van der Waals surface area contributed by atoms with E-state index in [4.69, 9.17) is 5.73 Å². The molecular formula is C3H4F4N. The summed E-state index contributed by atoms with van der Waals surface area (Å²) in [6.07, 6.45) is 0. The molecule has 0 heterocycles. The quantitative estimate of drug-likeness (QED) is 0.379. The van der Waals surface area contributed by atoms with Gasteiger partial charge in [0.2, 0.25) is 0 Å². The van der Waals surface area contributed by atoms with Crippen molar-refractivity contribution in [2.24, 2.45) is 0 Å². The third-order valence-electron chi connectivity index (χ3n) is 0.551. The van der Waals surface area contributed by atoms with Crippen LogP contribution in [0.3, 0.4) is 0 Å². The Kier molecular flexibility index (Phi) is 1.52. The molecule has 0 bridgehead atoms. The van der Waals surface area contributed by atoms with Crippen molar-refractivity contribution in [1.82, 2.24) is 5.73 Å². The number of halogens is 4. The number of hydrogen-bond donors (Lipinski definition) is 0. The van der Waals surface area contributed by atoms with Crippen LogP contribution in [-0.4, -0.2) is 12.0 Å².